The number of hydrogen-bond donors (Lipinski definition) is 0. The fourth-order valence-corrected chi connectivity index (χ4v) is 6.75. The molecule has 4 aromatic rings. The number of amides is 1. The first kappa shape index (κ1) is 31.1. The number of carbonyl (C=O) groups excluding carboxylic acids is 1. The van der Waals surface area contributed by atoms with Crippen molar-refractivity contribution in [1.29, 1.82) is 0 Å². The van der Waals surface area contributed by atoms with Gasteiger partial charge in [0.1, 0.15) is 6.17 Å². The third kappa shape index (κ3) is 6.43. The number of nitrogens with zero attached hydrogens (tertiary/aromatic N) is 5. The van der Waals surface area contributed by atoms with Crippen molar-refractivity contribution in [3.05, 3.63) is 113 Å². The van der Waals surface area contributed by atoms with E-state index in [1.807, 2.05) is 29.2 Å². The van der Waals surface area contributed by atoms with Gasteiger partial charge in [0, 0.05) is 44.5 Å². The molecular formula is C36H40F3N5O. The van der Waals surface area contributed by atoms with Crippen LogP contribution in [0, 0.1) is 6.92 Å². The molecule has 45 heavy (non-hydrogen) atoms. The van der Waals surface area contributed by atoms with Gasteiger partial charge in [-0.3, -0.25) is 14.6 Å². The maximum atomic E-state index is 14.7. The normalized spacial score (nSPS) is 17.7. The molecule has 1 saturated heterocycles. The van der Waals surface area contributed by atoms with Crippen molar-refractivity contribution in [3.63, 3.8) is 0 Å². The average molecular weight is 616 g/mol. The van der Waals surface area contributed by atoms with Crippen LogP contribution in [0.4, 0.5) is 18.9 Å². The number of halogens is 3. The lowest BCUT2D eigenvalue weighted by molar-refractivity contribution is -0.137. The van der Waals surface area contributed by atoms with E-state index in [1.165, 1.54) is 12.1 Å². The first-order chi connectivity index (χ1) is 21.6. The summed E-state index contributed by atoms with van der Waals surface area (Å²) in [6.07, 6.45) is -1.63. The first-order valence-corrected chi connectivity index (χ1v) is 15.6. The fraction of sp³-hybridized carbons (Fsp3) is 0.361. The number of piperazine rings is 1. The maximum Gasteiger partial charge on any atom is 0.417 e. The Kier molecular flexibility index (Phi) is 8.86. The van der Waals surface area contributed by atoms with Crippen molar-refractivity contribution in [2.45, 2.75) is 32.2 Å². The van der Waals surface area contributed by atoms with E-state index in [0.717, 1.165) is 68.7 Å². The van der Waals surface area contributed by atoms with Gasteiger partial charge >= 0.3 is 6.18 Å². The summed E-state index contributed by atoms with van der Waals surface area (Å²) in [7, 11) is 4.19. The van der Waals surface area contributed by atoms with Gasteiger partial charge in [0.25, 0.3) is 5.91 Å². The zero-order chi connectivity index (χ0) is 31.7. The van der Waals surface area contributed by atoms with Gasteiger partial charge in [-0.1, -0.05) is 42.5 Å². The number of aromatic nitrogens is 1. The Balaban J connectivity index is 1.36. The molecule has 0 spiro atoms. The number of fused-ring (bicyclic) bond motifs is 2. The van der Waals surface area contributed by atoms with Crippen molar-refractivity contribution < 1.29 is 18.0 Å². The highest BCUT2D eigenvalue weighted by molar-refractivity contribution is 6.07. The van der Waals surface area contributed by atoms with Gasteiger partial charge in [0.05, 0.1) is 16.9 Å². The maximum absolute atomic E-state index is 14.7. The van der Waals surface area contributed by atoms with E-state index in [4.69, 9.17) is 0 Å². The van der Waals surface area contributed by atoms with Crippen molar-refractivity contribution in [3.8, 4) is 11.1 Å². The van der Waals surface area contributed by atoms with Crippen LogP contribution in [-0.2, 0) is 12.7 Å². The van der Waals surface area contributed by atoms with Crippen molar-refractivity contribution in [2.24, 2.45) is 0 Å². The predicted octanol–water partition coefficient (Wildman–Crippen LogP) is 6.76. The van der Waals surface area contributed by atoms with E-state index in [-0.39, 0.29) is 17.6 Å². The summed E-state index contributed by atoms with van der Waals surface area (Å²) in [6.45, 7) is 7.98. The van der Waals surface area contributed by atoms with Gasteiger partial charge in [0.2, 0.25) is 0 Å². The Bertz CT molecular complexity index is 1650. The molecule has 0 radical (unpaired) electrons. The summed E-state index contributed by atoms with van der Waals surface area (Å²) >= 11 is 0. The molecule has 9 heteroatoms. The number of alkyl halides is 3. The highest BCUT2D eigenvalue weighted by Crippen LogP contribution is 2.40. The molecule has 0 saturated carbocycles. The van der Waals surface area contributed by atoms with Crippen LogP contribution < -0.4 is 4.90 Å². The van der Waals surface area contributed by atoms with Gasteiger partial charge in [0.15, 0.2) is 0 Å². The van der Waals surface area contributed by atoms with Crippen LogP contribution in [0.2, 0.25) is 0 Å². The van der Waals surface area contributed by atoms with Crippen LogP contribution in [0.25, 0.3) is 11.1 Å². The highest BCUT2D eigenvalue weighted by Gasteiger charge is 2.39. The lowest BCUT2D eigenvalue weighted by atomic mass is 9.94. The zero-order valence-corrected chi connectivity index (χ0v) is 26.1. The number of rotatable bonds is 7. The third-order valence-electron chi connectivity index (χ3n) is 9.01. The molecule has 1 amide bonds. The largest absolute Gasteiger partial charge is 0.417 e. The Hall–Kier alpha value is -3.92. The van der Waals surface area contributed by atoms with Gasteiger partial charge in [-0.15, -0.1) is 0 Å². The predicted molar refractivity (Wildman–Crippen MR) is 172 cm³/mol. The molecule has 1 unspecified atom stereocenters. The summed E-state index contributed by atoms with van der Waals surface area (Å²) < 4.78 is 43.8. The standard InChI is InChI=1S/C36H40F3N5O/c1-26-24-27(15-16-29(26)30-11-5-6-12-31(30)36(37,38)39)35(45)44-32-13-7-4-10-28(32)25-43-19-8-14-33(43)34(44)42-22-20-41(21-23-42)18-9-17-40(2)3/h4-8,10-16,19,24,34H,9,17-18,20-23,25H2,1-3H3. The van der Waals surface area contributed by atoms with E-state index in [1.54, 1.807) is 31.2 Å². The zero-order valence-electron chi connectivity index (χ0n) is 26.1. The van der Waals surface area contributed by atoms with Crippen LogP contribution in [0.1, 0.15) is 45.3 Å². The van der Waals surface area contributed by atoms with Gasteiger partial charge in [-0.2, -0.15) is 13.2 Å². The van der Waals surface area contributed by atoms with E-state index in [9.17, 15) is 18.0 Å². The molecule has 0 aliphatic carbocycles. The molecule has 3 heterocycles. The average Bonchev–Trinajstić information content (AvgIpc) is 3.42. The van der Waals surface area contributed by atoms with Crippen molar-refractivity contribution in [2.75, 3.05) is 58.3 Å². The smallest absolute Gasteiger partial charge is 0.344 e. The van der Waals surface area contributed by atoms with Gasteiger partial charge < -0.3 is 14.4 Å². The molecule has 1 aromatic heterocycles. The second-order valence-corrected chi connectivity index (χ2v) is 12.3. The quantitative estimate of drug-likeness (QED) is 0.230. The summed E-state index contributed by atoms with van der Waals surface area (Å²) in [5.41, 5.74) is 3.90. The van der Waals surface area contributed by atoms with E-state index in [0.29, 0.717) is 23.2 Å². The number of para-hydroxylation sites is 1. The SMILES string of the molecule is Cc1cc(C(=O)N2c3ccccc3Cn3cccc3C2N2CCN(CCCN(C)C)CC2)ccc1-c1ccccc1C(F)(F)F. The molecule has 0 bridgehead atoms. The molecule has 2 aliphatic heterocycles. The second-order valence-electron chi connectivity index (χ2n) is 12.3. The lowest BCUT2D eigenvalue weighted by Crippen LogP contribution is -2.53. The molecule has 1 fully saturated rings. The molecule has 236 valence electrons. The Morgan fingerprint density at radius 2 is 1.62 bits per heavy atom. The fourth-order valence-electron chi connectivity index (χ4n) is 6.75. The van der Waals surface area contributed by atoms with Gasteiger partial charge in [-0.05, 0) is 99.2 Å². The summed E-state index contributed by atoms with van der Waals surface area (Å²) in [5, 5.41) is 0. The minimum Gasteiger partial charge on any atom is -0.344 e. The van der Waals surface area contributed by atoms with Crippen molar-refractivity contribution in [1.82, 2.24) is 19.3 Å². The Labute approximate surface area is 263 Å². The second kappa shape index (κ2) is 12.8. The number of hydrogen-bond acceptors (Lipinski definition) is 4. The number of carbonyl (C=O) groups is 1. The molecule has 1 atom stereocenters. The molecule has 6 nitrogen and oxygen atoms in total. The van der Waals surface area contributed by atoms with Crippen LogP contribution in [0.15, 0.2) is 85.1 Å². The minimum atomic E-state index is -4.48. The topological polar surface area (TPSA) is 35.0 Å². The molecule has 0 N–H and O–H groups in total. The minimum absolute atomic E-state index is 0.112. The lowest BCUT2D eigenvalue weighted by Gasteiger charge is -2.43. The third-order valence-corrected chi connectivity index (χ3v) is 9.01. The summed E-state index contributed by atoms with van der Waals surface area (Å²) in [4.78, 5) is 23.7. The van der Waals surface area contributed by atoms with E-state index < -0.39 is 11.7 Å². The van der Waals surface area contributed by atoms with Crippen molar-refractivity contribution >= 4 is 11.6 Å². The molecule has 6 rings (SSSR count). The first-order valence-electron chi connectivity index (χ1n) is 15.6. The van der Waals surface area contributed by atoms with E-state index in [2.05, 4.69) is 51.7 Å². The van der Waals surface area contributed by atoms with Crippen LogP contribution >= 0.6 is 0 Å². The Morgan fingerprint density at radius 3 is 2.36 bits per heavy atom. The number of aryl methyl sites for hydroxylation is 1. The van der Waals surface area contributed by atoms with Crippen LogP contribution in [0.5, 0.6) is 0 Å². The van der Waals surface area contributed by atoms with E-state index >= 15 is 0 Å². The van der Waals surface area contributed by atoms with Crippen LogP contribution in [-0.4, -0.2) is 78.5 Å². The molecule has 2 aliphatic rings. The summed E-state index contributed by atoms with van der Waals surface area (Å²) in [5.74, 6) is -0.172. The monoisotopic (exact) mass is 615 g/mol. The van der Waals surface area contributed by atoms with Gasteiger partial charge in [-0.25, -0.2) is 0 Å². The summed E-state index contributed by atoms with van der Waals surface area (Å²) in [6, 6.07) is 22.8. The number of anilines is 1. The molecule has 3 aromatic carbocycles. The Morgan fingerprint density at radius 1 is 0.889 bits per heavy atom. The van der Waals surface area contributed by atoms with Crippen LogP contribution in [0.3, 0.4) is 0 Å². The number of benzene rings is 3. The highest BCUT2D eigenvalue weighted by atomic mass is 19.4. The molecular weight excluding hydrogens is 575 g/mol.